The number of aryl methyl sites for hydroxylation is 1. The Hall–Kier alpha value is -3.40. The standard InChI is InChI=1S/C21H24N6O3S/c1-16-6-7-18(30-2)19(13-16)31(28,29)25-17-14-23-21(24-15-17)27-11-9-26(10-12-27)20-5-3-4-8-22-20/h3-8,13-15,25H,9-12H2,1-2H3. The van der Waals surface area contributed by atoms with E-state index in [0.29, 0.717) is 11.6 Å². The van der Waals surface area contributed by atoms with Gasteiger partial charge in [0.2, 0.25) is 5.95 Å². The van der Waals surface area contributed by atoms with Crippen molar-refractivity contribution in [1.82, 2.24) is 15.0 Å². The van der Waals surface area contributed by atoms with Crippen molar-refractivity contribution in [2.45, 2.75) is 11.8 Å². The molecule has 1 aliphatic heterocycles. The third-order valence-corrected chi connectivity index (χ3v) is 6.44. The number of aromatic nitrogens is 3. The SMILES string of the molecule is COc1ccc(C)cc1S(=O)(=O)Nc1cnc(N2CCN(c3ccccn3)CC2)nc1. The van der Waals surface area contributed by atoms with E-state index in [9.17, 15) is 8.42 Å². The molecular weight excluding hydrogens is 416 g/mol. The maximum atomic E-state index is 12.8. The van der Waals surface area contributed by atoms with Gasteiger partial charge in [-0.2, -0.15) is 0 Å². The van der Waals surface area contributed by atoms with Crippen LogP contribution in [0.4, 0.5) is 17.5 Å². The fraction of sp³-hybridized carbons (Fsp3) is 0.286. The summed E-state index contributed by atoms with van der Waals surface area (Å²) in [4.78, 5) is 17.5. The predicted octanol–water partition coefficient (Wildman–Crippen LogP) is 2.32. The zero-order chi connectivity index (χ0) is 21.8. The Morgan fingerprint density at radius 3 is 2.32 bits per heavy atom. The highest BCUT2D eigenvalue weighted by Gasteiger charge is 2.22. The Bertz CT molecular complexity index is 1130. The van der Waals surface area contributed by atoms with Crippen molar-refractivity contribution in [1.29, 1.82) is 0 Å². The molecule has 3 aromatic rings. The van der Waals surface area contributed by atoms with E-state index in [0.717, 1.165) is 37.6 Å². The molecule has 10 heteroatoms. The van der Waals surface area contributed by atoms with Gasteiger partial charge in [-0.15, -0.1) is 0 Å². The van der Waals surface area contributed by atoms with E-state index in [-0.39, 0.29) is 10.6 Å². The van der Waals surface area contributed by atoms with Crippen molar-refractivity contribution in [2.24, 2.45) is 0 Å². The molecule has 0 saturated carbocycles. The van der Waals surface area contributed by atoms with Gasteiger partial charge in [0.05, 0.1) is 25.2 Å². The lowest BCUT2D eigenvalue weighted by molar-refractivity contribution is 0.402. The molecule has 31 heavy (non-hydrogen) atoms. The van der Waals surface area contributed by atoms with Crippen LogP contribution in [0.5, 0.6) is 5.75 Å². The van der Waals surface area contributed by atoms with Gasteiger partial charge in [0, 0.05) is 32.4 Å². The van der Waals surface area contributed by atoms with E-state index < -0.39 is 10.0 Å². The monoisotopic (exact) mass is 440 g/mol. The minimum Gasteiger partial charge on any atom is -0.495 e. The summed E-state index contributed by atoms with van der Waals surface area (Å²) in [6.45, 7) is 4.94. The summed E-state index contributed by atoms with van der Waals surface area (Å²) >= 11 is 0. The third kappa shape index (κ3) is 4.69. The van der Waals surface area contributed by atoms with Crippen LogP contribution >= 0.6 is 0 Å². The predicted molar refractivity (Wildman–Crippen MR) is 119 cm³/mol. The first-order valence-electron chi connectivity index (χ1n) is 9.87. The molecule has 162 valence electrons. The molecule has 0 aliphatic carbocycles. The van der Waals surface area contributed by atoms with Gasteiger partial charge in [-0.25, -0.2) is 23.4 Å². The first-order valence-corrected chi connectivity index (χ1v) is 11.3. The van der Waals surface area contributed by atoms with Gasteiger partial charge in [-0.05, 0) is 36.8 Å². The van der Waals surface area contributed by atoms with Crippen molar-refractivity contribution < 1.29 is 13.2 Å². The number of benzene rings is 1. The molecule has 1 aliphatic rings. The smallest absolute Gasteiger partial charge is 0.265 e. The van der Waals surface area contributed by atoms with Crippen molar-refractivity contribution in [3.8, 4) is 5.75 Å². The number of anilines is 3. The highest BCUT2D eigenvalue weighted by molar-refractivity contribution is 7.92. The summed E-state index contributed by atoms with van der Waals surface area (Å²) in [5.74, 6) is 1.80. The molecule has 0 unspecified atom stereocenters. The van der Waals surface area contributed by atoms with Gasteiger partial charge in [0.25, 0.3) is 10.0 Å². The number of sulfonamides is 1. The quantitative estimate of drug-likeness (QED) is 0.623. The fourth-order valence-electron chi connectivity index (χ4n) is 3.42. The van der Waals surface area contributed by atoms with E-state index in [4.69, 9.17) is 4.74 Å². The van der Waals surface area contributed by atoms with Crippen molar-refractivity contribution in [3.05, 3.63) is 60.6 Å². The fourth-order valence-corrected chi connectivity index (χ4v) is 4.70. The van der Waals surface area contributed by atoms with Gasteiger partial charge in [-0.1, -0.05) is 12.1 Å². The van der Waals surface area contributed by atoms with Crippen LogP contribution in [0.3, 0.4) is 0 Å². The lowest BCUT2D eigenvalue weighted by Crippen LogP contribution is -2.47. The third-order valence-electron chi connectivity index (χ3n) is 5.03. The maximum Gasteiger partial charge on any atom is 0.265 e. The zero-order valence-corrected chi connectivity index (χ0v) is 18.2. The van der Waals surface area contributed by atoms with Crippen LogP contribution in [0.15, 0.2) is 59.9 Å². The number of nitrogens with zero attached hydrogens (tertiary/aromatic N) is 5. The Balaban J connectivity index is 1.43. The van der Waals surface area contributed by atoms with Gasteiger partial charge in [0.1, 0.15) is 16.5 Å². The van der Waals surface area contributed by atoms with Crippen LogP contribution in [-0.2, 0) is 10.0 Å². The number of hydrogen-bond acceptors (Lipinski definition) is 8. The molecule has 0 radical (unpaired) electrons. The number of pyridine rings is 1. The minimum absolute atomic E-state index is 0.0738. The molecule has 9 nitrogen and oxygen atoms in total. The van der Waals surface area contributed by atoms with Crippen LogP contribution in [0, 0.1) is 6.92 Å². The summed E-state index contributed by atoms with van der Waals surface area (Å²) in [6.07, 6.45) is 4.75. The molecule has 0 spiro atoms. The molecule has 4 rings (SSSR count). The van der Waals surface area contributed by atoms with Crippen LogP contribution in [0.2, 0.25) is 0 Å². The van der Waals surface area contributed by atoms with E-state index >= 15 is 0 Å². The maximum absolute atomic E-state index is 12.8. The summed E-state index contributed by atoms with van der Waals surface area (Å²) in [6, 6.07) is 10.9. The summed E-state index contributed by atoms with van der Waals surface area (Å²) < 4.78 is 33.4. The Labute approximate surface area is 181 Å². The van der Waals surface area contributed by atoms with Gasteiger partial charge >= 0.3 is 0 Å². The molecule has 1 saturated heterocycles. The second-order valence-electron chi connectivity index (χ2n) is 7.19. The van der Waals surface area contributed by atoms with Crippen molar-refractivity contribution in [2.75, 3.05) is 47.8 Å². The highest BCUT2D eigenvalue weighted by Crippen LogP contribution is 2.27. The Morgan fingerprint density at radius 2 is 1.68 bits per heavy atom. The lowest BCUT2D eigenvalue weighted by Gasteiger charge is -2.35. The molecular formula is C21H24N6O3S. The van der Waals surface area contributed by atoms with Gasteiger partial charge < -0.3 is 14.5 Å². The molecule has 1 N–H and O–H groups in total. The average molecular weight is 441 g/mol. The zero-order valence-electron chi connectivity index (χ0n) is 17.4. The van der Waals surface area contributed by atoms with Crippen LogP contribution in [0.25, 0.3) is 0 Å². The Morgan fingerprint density at radius 1 is 0.968 bits per heavy atom. The van der Waals surface area contributed by atoms with Crippen molar-refractivity contribution in [3.63, 3.8) is 0 Å². The number of piperazine rings is 1. The summed E-state index contributed by atoms with van der Waals surface area (Å²) in [5.41, 5.74) is 1.11. The molecule has 0 bridgehead atoms. The van der Waals surface area contributed by atoms with Crippen LogP contribution in [-0.4, -0.2) is 56.7 Å². The summed E-state index contributed by atoms with van der Waals surface area (Å²) in [5, 5.41) is 0. The second-order valence-corrected chi connectivity index (χ2v) is 8.84. The van der Waals surface area contributed by atoms with Crippen LogP contribution < -0.4 is 19.3 Å². The van der Waals surface area contributed by atoms with Crippen molar-refractivity contribution >= 4 is 27.5 Å². The van der Waals surface area contributed by atoms with Gasteiger partial charge in [0.15, 0.2) is 0 Å². The van der Waals surface area contributed by atoms with E-state index in [1.807, 2.05) is 25.1 Å². The molecule has 2 aromatic heterocycles. The average Bonchev–Trinajstić information content (AvgIpc) is 2.80. The topological polar surface area (TPSA) is 101 Å². The molecule has 0 amide bonds. The molecule has 1 aromatic carbocycles. The normalized spacial score (nSPS) is 14.4. The minimum atomic E-state index is -3.84. The largest absolute Gasteiger partial charge is 0.495 e. The number of rotatable bonds is 6. The summed E-state index contributed by atoms with van der Waals surface area (Å²) in [7, 11) is -2.40. The van der Waals surface area contributed by atoms with E-state index in [1.54, 1.807) is 24.4 Å². The second kappa shape index (κ2) is 8.76. The highest BCUT2D eigenvalue weighted by atomic mass is 32.2. The van der Waals surface area contributed by atoms with E-state index in [1.165, 1.54) is 19.5 Å². The number of nitrogens with one attached hydrogen (secondary N) is 1. The molecule has 1 fully saturated rings. The Kier molecular flexibility index (Phi) is 5.90. The first kappa shape index (κ1) is 20.9. The number of methoxy groups -OCH3 is 1. The first-order chi connectivity index (χ1) is 15.0. The molecule has 0 atom stereocenters. The number of ether oxygens (including phenoxy) is 1. The van der Waals surface area contributed by atoms with Crippen LogP contribution in [0.1, 0.15) is 5.56 Å². The molecule has 3 heterocycles. The van der Waals surface area contributed by atoms with Gasteiger partial charge in [-0.3, -0.25) is 4.72 Å². The number of hydrogen-bond donors (Lipinski definition) is 1. The lowest BCUT2D eigenvalue weighted by atomic mass is 10.2. The van der Waals surface area contributed by atoms with E-state index in [2.05, 4.69) is 29.5 Å².